The number of benzene rings is 1. The summed E-state index contributed by atoms with van der Waals surface area (Å²) >= 11 is 3.48. The molecule has 0 spiro atoms. The Morgan fingerprint density at radius 3 is 2.73 bits per heavy atom. The molecule has 0 atom stereocenters. The number of anilines is 3. The Bertz CT molecular complexity index is 750. The Balaban J connectivity index is 1.69. The van der Waals surface area contributed by atoms with Gasteiger partial charge in [0.15, 0.2) is 5.82 Å². The van der Waals surface area contributed by atoms with Crippen LogP contribution in [0.1, 0.15) is 5.69 Å². The maximum absolute atomic E-state index is 4.38. The van der Waals surface area contributed by atoms with Gasteiger partial charge in [0.05, 0.1) is 24.1 Å². The van der Waals surface area contributed by atoms with E-state index in [1.807, 2.05) is 42.5 Å². The van der Waals surface area contributed by atoms with Crippen LogP contribution >= 0.6 is 15.9 Å². The molecule has 0 saturated heterocycles. The number of rotatable bonds is 5. The van der Waals surface area contributed by atoms with Crippen LogP contribution in [0.2, 0.25) is 0 Å². The normalized spacial score (nSPS) is 10.2. The molecule has 22 heavy (non-hydrogen) atoms. The minimum Gasteiger partial charge on any atom is -0.347 e. The van der Waals surface area contributed by atoms with Crippen molar-refractivity contribution in [3.63, 3.8) is 0 Å². The number of para-hydroxylation sites is 1. The van der Waals surface area contributed by atoms with Crippen molar-refractivity contribution in [2.45, 2.75) is 6.54 Å². The second kappa shape index (κ2) is 6.95. The van der Waals surface area contributed by atoms with Crippen LogP contribution in [0.3, 0.4) is 0 Å². The maximum atomic E-state index is 4.38. The van der Waals surface area contributed by atoms with Gasteiger partial charge in [0.1, 0.15) is 0 Å². The summed E-state index contributed by atoms with van der Waals surface area (Å²) in [5, 5.41) is 14.2. The molecule has 0 fully saturated rings. The summed E-state index contributed by atoms with van der Waals surface area (Å²) in [4.78, 5) is 8.62. The average molecular weight is 357 g/mol. The summed E-state index contributed by atoms with van der Waals surface area (Å²) in [6.07, 6.45) is 3.33. The zero-order chi connectivity index (χ0) is 15.2. The SMILES string of the molecule is Brc1ccccc1Nc1cnnc(NCc2ccccn2)n1. The topological polar surface area (TPSA) is 75.6 Å². The highest BCUT2D eigenvalue weighted by Crippen LogP contribution is 2.24. The molecule has 6 nitrogen and oxygen atoms in total. The summed E-state index contributed by atoms with van der Waals surface area (Å²) < 4.78 is 0.955. The molecular formula is C15H13BrN6. The van der Waals surface area contributed by atoms with Gasteiger partial charge in [-0.25, -0.2) is 0 Å². The van der Waals surface area contributed by atoms with E-state index in [2.05, 4.69) is 46.7 Å². The number of hydrogen-bond acceptors (Lipinski definition) is 6. The molecule has 0 bridgehead atoms. The molecular weight excluding hydrogens is 344 g/mol. The van der Waals surface area contributed by atoms with E-state index in [9.17, 15) is 0 Å². The van der Waals surface area contributed by atoms with Crippen molar-refractivity contribution in [1.29, 1.82) is 0 Å². The predicted octanol–water partition coefficient (Wildman–Crippen LogP) is 3.38. The first-order valence-corrected chi connectivity index (χ1v) is 7.45. The second-order valence-corrected chi connectivity index (χ2v) is 5.30. The Morgan fingerprint density at radius 1 is 1.05 bits per heavy atom. The van der Waals surface area contributed by atoms with Gasteiger partial charge in [-0.2, -0.15) is 10.1 Å². The molecule has 2 aromatic heterocycles. The molecule has 2 heterocycles. The minimum absolute atomic E-state index is 0.447. The van der Waals surface area contributed by atoms with Gasteiger partial charge >= 0.3 is 0 Å². The number of pyridine rings is 1. The van der Waals surface area contributed by atoms with Crippen LogP contribution in [0.4, 0.5) is 17.5 Å². The predicted molar refractivity (Wildman–Crippen MR) is 88.8 cm³/mol. The van der Waals surface area contributed by atoms with Crippen LogP contribution in [0.25, 0.3) is 0 Å². The molecule has 0 aliphatic heterocycles. The lowest BCUT2D eigenvalue weighted by atomic mass is 10.3. The monoisotopic (exact) mass is 356 g/mol. The van der Waals surface area contributed by atoms with Crippen molar-refractivity contribution >= 4 is 33.4 Å². The largest absolute Gasteiger partial charge is 0.347 e. The van der Waals surface area contributed by atoms with Gasteiger partial charge in [-0.1, -0.05) is 18.2 Å². The Hall–Kier alpha value is -2.54. The smallest absolute Gasteiger partial charge is 0.245 e. The summed E-state index contributed by atoms with van der Waals surface area (Å²) in [5.74, 6) is 1.06. The van der Waals surface area contributed by atoms with Crippen molar-refractivity contribution in [2.24, 2.45) is 0 Å². The van der Waals surface area contributed by atoms with Crippen molar-refractivity contribution in [3.05, 3.63) is 65.0 Å². The van der Waals surface area contributed by atoms with Crippen molar-refractivity contribution < 1.29 is 0 Å². The number of nitrogens with zero attached hydrogens (tertiary/aromatic N) is 4. The highest BCUT2D eigenvalue weighted by molar-refractivity contribution is 9.10. The molecule has 0 amide bonds. The van der Waals surface area contributed by atoms with E-state index in [0.29, 0.717) is 18.3 Å². The zero-order valence-corrected chi connectivity index (χ0v) is 13.2. The Morgan fingerprint density at radius 2 is 1.91 bits per heavy atom. The quantitative estimate of drug-likeness (QED) is 0.729. The summed E-state index contributed by atoms with van der Waals surface area (Å²) in [6, 6.07) is 13.6. The highest BCUT2D eigenvalue weighted by Gasteiger charge is 2.03. The van der Waals surface area contributed by atoms with Gasteiger partial charge in [-0.3, -0.25) is 4.98 Å². The van der Waals surface area contributed by atoms with E-state index in [-0.39, 0.29) is 0 Å². The Kier molecular flexibility index (Phi) is 4.55. The first kappa shape index (κ1) is 14.4. The molecule has 0 saturated carbocycles. The molecule has 0 aliphatic carbocycles. The third kappa shape index (κ3) is 3.76. The summed E-state index contributed by atoms with van der Waals surface area (Å²) in [7, 11) is 0. The molecule has 3 aromatic rings. The molecule has 1 aromatic carbocycles. The fourth-order valence-electron chi connectivity index (χ4n) is 1.81. The van der Waals surface area contributed by atoms with Crippen molar-refractivity contribution in [1.82, 2.24) is 20.2 Å². The summed E-state index contributed by atoms with van der Waals surface area (Å²) in [5.41, 5.74) is 1.83. The van der Waals surface area contributed by atoms with Crippen LogP contribution in [-0.2, 0) is 6.54 Å². The highest BCUT2D eigenvalue weighted by atomic mass is 79.9. The number of halogens is 1. The van der Waals surface area contributed by atoms with Crippen LogP contribution in [0.5, 0.6) is 0 Å². The maximum Gasteiger partial charge on any atom is 0.245 e. The molecule has 7 heteroatoms. The van der Waals surface area contributed by atoms with Gasteiger partial charge in [0.2, 0.25) is 5.95 Å². The van der Waals surface area contributed by atoms with Gasteiger partial charge in [-0.15, -0.1) is 5.10 Å². The lowest BCUT2D eigenvalue weighted by Crippen LogP contribution is -2.07. The first-order chi connectivity index (χ1) is 10.8. The minimum atomic E-state index is 0.447. The van der Waals surface area contributed by atoms with E-state index in [1.165, 1.54) is 0 Å². The van der Waals surface area contributed by atoms with Crippen LogP contribution < -0.4 is 10.6 Å². The fourth-order valence-corrected chi connectivity index (χ4v) is 2.20. The number of aromatic nitrogens is 4. The van der Waals surface area contributed by atoms with E-state index < -0.39 is 0 Å². The molecule has 110 valence electrons. The Labute approximate surface area is 136 Å². The molecule has 0 radical (unpaired) electrons. The van der Waals surface area contributed by atoms with Gasteiger partial charge in [0.25, 0.3) is 0 Å². The van der Waals surface area contributed by atoms with Crippen LogP contribution in [-0.4, -0.2) is 20.2 Å². The number of hydrogen-bond donors (Lipinski definition) is 2. The fraction of sp³-hybridized carbons (Fsp3) is 0.0667. The van der Waals surface area contributed by atoms with Crippen molar-refractivity contribution in [2.75, 3.05) is 10.6 Å². The van der Waals surface area contributed by atoms with E-state index in [0.717, 1.165) is 15.9 Å². The molecule has 2 N–H and O–H groups in total. The lowest BCUT2D eigenvalue weighted by molar-refractivity contribution is 0.934. The van der Waals surface area contributed by atoms with Gasteiger partial charge < -0.3 is 10.6 Å². The molecule has 0 unspecified atom stereocenters. The summed E-state index contributed by atoms with van der Waals surface area (Å²) in [6.45, 7) is 0.543. The number of nitrogens with one attached hydrogen (secondary N) is 2. The third-order valence-corrected chi connectivity index (χ3v) is 3.54. The average Bonchev–Trinajstić information content (AvgIpc) is 2.57. The van der Waals surface area contributed by atoms with Crippen molar-refractivity contribution in [3.8, 4) is 0 Å². The molecule has 3 rings (SSSR count). The van der Waals surface area contributed by atoms with Gasteiger partial charge in [0, 0.05) is 10.7 Å². The zero-order valence-electron chi connectivity index (χ0n) is 11.6. The van der Waals surface area contributed by atoms with Crippen LogP contribution in [0, 0.1) is 0 Å². The van der Waals surface area contributed by atoms with E-state index >= 15 is 0 Å². The van der Waals surface area contributed by atoms with E-state index in [1.54, 1.807) is 12.4 Å². The first-order valence-electron chi connectivity index (χ1n) is 6.66. The lowest BCUT2D eigenvalue weighted by Gasteiger charge is -2.08. The third-order valence-electron chi connectivity index (χ3n) is 2.85. The second-order valence-electron chi connectivity index (χ2n) is 4.44. The molecule has 0 aliphatic rings. The standard InChI is InChI=1S/C15H13BrN6/c16-12-6-1-2-7-13(12)20-14-10-19-22-15(21-14)18-9-11-5-3-4-8-17-11/h1-8,10H,9H2,(H2,18,20,21,22). The van der Waals surface area contributed by atoms with E-state index in [4.69, 9.17) is 0 Å². The van der Waals surface area contributed by atoms with Gasteiger partial charge in [-0.05, 0) is 40.2 Å². The van der Waals surface area contributed by atoms with Crippen LogP contribution in [0.15, 0.2) is 59.3 Å².